The maximum Gasteiger partial charge on any atom is 0.416 e. The van der Waals surface area contributed by atoms with Gasteiger partial charge in [-0.3, -0.25) is 18.9 Å². The van der Waals surface area contributed by atoms with Gasteiger partial charge < -0.3 is 15.5 Å². The lowest BCUT2D eigenvalue weighted by Gasteiger charge is -2.16. The molecule has 3 N–H and O–H groups in total. The predicted molar refractivity (Wildman–Crippen MR) is 103 cm³/mol. The van der Waals surface area contributed by atoms with Crippen molar-refractivity contribution in [3.63, 3.8) is 0 Å². The summed E-state index contributed by atoms with van der Waals surface area (Å²) >= 11 is 5.96. The fourth-order valence-corrected chi connectivity index (χ4v) is 3.10. The van der Waals surface area contributed by atoms with Crippen molar-refractivity contribution in [2.45, 2.75) is 25.7 Å². The van der Waals surface area contributed by atoms with E-state index in [0.717, 1.165) is 21.3 Å². The van der Waals surface area contributed by atoms with Gasteiger partial charge in [0.15, 0.2) is 5.75 Å². The highest BCUT2D eigenvalue weighted by atomic mass is 35.5. The smallest absolute Gasteiger partial charge is 0.416 e. The summed E-state index contributed by atoms with van der Waals surface area (Å²) in [7, 11) is 0. The first-order valence-electron chi connectivity index (χ1n) is 8.73. The Morgan fingerprint density at radius 1 is 1.23 bits per heavy atom. The first kappa shape index (κ1) is 22.2. The van der Waals surface area contributed by atoms with Crippen LogP contribution in [0.4, 0.5) is 13.2 Å². The number of hydrogen-bond acceptors (Lipinski definition) is 4. The Labute approximate surface area is 177 Å². The summed E-state index contributed by atoms with van der Waals surface area (Å²) in [6.07, 6.45) is -3.25. The minimum Gasteiger partial charge on any atom is -0.505 e. The van der Waals surface area contributed by atoms with Crippen LogP contribution in [-0.4, -0.2) is 37.3 Å². The molecular weight excluding hydrogens is 443 g/mol. The number of nitrogens with one attached hydrogen (secondary N) is 1. The summed E-state index contributed by atoms with van der Waals surface area (Å²) in [5.41, 5.74) is -2.30. The maximum atomic E-state index is 13.0. The molecule has 2 heterocycles. The van der Waals surface area contributed by atoms with Gasteiger partial charge in [-0.05, 0) is 30.7 Å². The van der Waals surface area contributed by atoms with Crippen LogP contribution in [0.15, 0.2) is 41.3 Å². The largest absolute Gasteiger partial charge is 0.505 e. The van der Waals surface area contributed by atoms with E-state index in [1.165, 1.54) is 31.3 Å². The van der Waals surface area contributed by atoms with Gasteiger partial charge in [-0.1, -0.05) is 23.7 Å². The van der Waals surface area contributed by atoms with E-state index in [2.05, 4.69) is 5.32 Å². The third kappa shape index (κ3) is 4.36. The molecule has 3 aromatic rings. The van der Waals surface area contributed by atoms with E-state index in [-0.39, 0.29) is 17.1 Å². The number of hydrogen-bond donors (Lipinski definition) is 3. The quantitative estimate of drug-likeness (QED) is 0.545. The number of benzene rings is 1. The van der Waals surface area contributed by atoms with Crippen LogP contribution in [-0.2, 0) is 17.5 Å². The molecule has 0 fully saturated rings. The van der Waals surface area contributed by atoms with Crippen LogP contribution in [0.1, 0.15) is 28.4 Å². The van der Waals surface area contributed by atoms with Crippen molar-refractivity contribution in [1.82, 2.24) is 14.5 Å². The Bertz CT molecular complexity index is 1230. The fourth-order valence-electron chi connectivity index (χ4n) is 2.91. The summed E-state index contributed by atoms with van der Waals surface area (Å²) < 4.78 is 40.5. The van der Waals surface area contributed by atoms with Crippen molar-refractivity contribution in [2.75, 3.05) is 0 Å². The molecule has 1 atom stereocenters. The van der Waals surface area contributed by atoms with E-state index in [4.69, 9.17) is 16.7 Å². The highest BCUT2D eigenvalue weighted by molar-refractivity contribution is 6.31. The van der Waals surface area contributed by atoms with Crippen molar-refractivity contribution in [3.05, 3.63) is 68.6 Å². The number of carboxylic acid groups (broad SMARTS) is 1. The summed E-state index contributed by atoms with van der Waals surface area (Å²) in [5, 5.41) is 21.6. The lowest BCUT2D eigenvalue weighted by atomic mass is 10.1. The number of carboxylic acids is 1. The zero-order valence-electron chi connectivity index (χ0n) is 15.8. The van der Waals surface area contributed by atoms with Gasteiger partial charge in [-0.15, -0.1) is 0 Å². The van der Waals surface area contributed by atoms with Crippen LogP contribution < -0.4 is 10.9 Å². The number of carbonyl (C=O) groups is 2. The predicted octanol–water partition coefficient (Wildman–Crippen LogP) is 2.73. The summed E-state index contributed by atoms with van der Waals surface area (Å²) in [6.45, 7) is 0.915. The summed E-state index contributed by atoms with van der Waals surface area (Å²) in [5.74, 6) is -3.20. The molecule has 2 aromatic heterocycles. The summed E-state index contributed by atoms with van der Waals surface area (Å²) in [4.78, 5) is 36.5. The SMILES string of the molecule is C[C@H](NC(=O)c1c(O)c2cc(Cl)cn2n(Cc2ccc(C(F)(F)F)cc2)c1=O)C(=O)O. The monoisotopic (exact) mass is 457 g/mol. The number of aliphatic carboxylic acids is 1. The van der Waals surface area contributed by atoms with Gasteiger partial charge >= 0.3 is 12.1 Å². The van der Waals surface area contributed by atoms with E-state index < -0.39 is 46.5 Å². The van der Waals surface area contributed by atoms with Crippen molar-refractivity contribution < 1.29 is 33.0 Å². The molecule has 0 saturated heterocycles. The molecule has 8 nitrogen and oxygen atoms in total. The second kappa shape index (κ2) is 7.99. The third-order valence-corrected chi connectivity index (χ3v) is 4.72. The van der Waals surface area contributed by atoms with Crippen LogP contribution in [0.3, 0.4) is 0 Å². The van der Waals surface area contributed by atoms with Crippen LogP contribution in [0, 0.1) is 0 Å². The maximum absolute atomic E-state index is 13.0. The molecule has 12 heteroatoms. The standard InChI is InChI=1S/C19H15ClF3N3O5/c1-9(18(30)31)24-16(28)14-15(27)13-6-12(20)8-25(13)26(17(14)29)7-10-2-4-11(5-3-10)19(21,22)23/h2-6,8-9,27H,7H2,1H3,(H,24,28)(H,30,31)/t9-/m0/s1. The van der Waals surface area contributed by atoms with Crippen LogP contribution in [0.25, 0.3) is 5.52 Å². The van der Waals surface area contributed by atoms with Gasteiger partial charge in [0.05, 0.1) is 17.1 Å². The number of alkyl halides is 3. The highest BCUT2D eigenvalue weighted by Gasteiger charge is 2.30. The topological polar surface area (TPSA) is 113 Å². The van der Waals surface area contributed by atoms with E-state index >= 15 is 0 Å². The lowest BCUT2D eigenvalue weighted by Crippen LogP contribution is -2.42. The molecule has 0 unspecified atom stereocenters. The van der Waals surface area contributed by atoms with Crippen molar-refractivity contribution in [3.8, 4) is 5.75 Å². The van der Waals surface area contributed by atoms with E-state index in [1.54, 1.807) is 0 Å². The van der Waals surface area contributed by atoms with Gasteiger partial charge in [0.25, 0.3) is 11.5 Å². The molecule has 3 rings (SSSR count). The number of amides is 1. The summed E-state index contributed by atoms with van der Waals surface area (Å²) in [6, 6.07) is 3.97. The van der Waals surface area contributed by atoms with Gasteiger partial charge in [0.2, 0.25) is 0 Å². The zero-order chi connectivity index (χ0) is 23.1. The number of halogens is 4. The van der Waals surface area contributed by atoms with Gasteiger partial charge in [-0.25, -0.2) is 4.68 Å². The number of aromatic nitrogens is 2. The van der Waals surface area contributed by atoms with Gasteiger partial charge in [0.1, 0.15) is 17.1 Å². The Morgan fingerprint density at radius 2 is 1.84 bits per heavy atom. The number of fused-ring (bicyclic) bond motifs is 1. The number of carbonyl (C=O) groups excluding carboxylic acids is 1. The molecule has 0 saturated carbocycles. The molecule has 164 valence electrons. The Morgan fingerprint density at radius 3 is 2.39 bits per heavy atom. The van der Waals surface area contributed by atoms with E-state index in [9.17, 15) is 32.7 Å². The Hall–Kier alpha value is -3.47. The van der Waals surface area contributed by atoms with Gasteiger partial charge in [0, 0.05) is 6.20 Å². The normalized spacial score (nSPS) is 12.7. The van der Waals surface area contributed by atoms with E-state index in [1.807, 2.05) is 0 Å². The first-order valence-corrected chi connectivity index (χ1v) is 9.11. The molecule has 0 spiro atoms. The number of nitrogens with zero attached hydrogens (tertiary/aromatic N) is 2. The average molecular weight is 458 g/mol. The lowest BCUT2D eigenvalue weighted by molar-refractivity contribution is -0.139. The fraction of sp³-hybridized carbons (Fsp3) is 0.211. The molecular formula is C19H15ClF3N3O5. The zero-order valence-corrected chi connectivity index (χ0v) is 16.5. The first-order chi connectivity index (χ1) is 14.4. The second-order valence-electron chi connectivity index (χ2n) is 6.70. The highest BCUT2D eigenvalue weighted by Crippen LogP contribution is 2.29. The molecule has 1 aromatic carbocycles. The van der Waals surface area contributed by atoms with Crippen LogP contribution in [0.2, 0.25) is 5.02 Å². The minimum atomic E-state index is -4.53. The molecule has 0 aliphatic carbocycles. The van der Waals surface area contributed by atoms with Crippen LogP contribution in [0.5, 0.6) is 5.75 Å². The third-order valence-electron chi connectivity index (χ3n) is 4.51. The van der Waals surface area contributed by atoms with Gasteiger partial charge in [-0.2, -0.15) is 13.2 Å². The molecule has 31 heavy (non-hydrogen) atoms. The van der Waals surface area contributed by atoms with Crippen molar-refractivity contribution in [1.29, 1.82) is 0 Å². The molecule has 0 aliphatic heterocycles. The average Bonchev–Trinajstić information content (AvgIpc) is 3.06. The Kier molecular flexibility index (Phi) is 5.72. The Balaban J connectivity index is 2.11. The molecule has 0 bridgehead atoms. The van der Waals surface area contributed by atoms with Crippen molar-refractivity contribution in [2.24, 2.45) is 0 Å². The number of aromatic hydroxyl groups is 1. The molecule has 1 amide bonds. The van der Waals surface area contributed by atoms with Crippen molar-refractivity contribution >= 4 is 29.0 Å². The minimum absolute atomic E-state index is 0.0235. The second-order valence-corrected chi connectivity index (χ2v) is 7.14. The van der Waals surface area contributed by atoms with E-state index in [0.29, 0.717) is 5.56 Å². The molecule has 0 radical (unpaired) electrons. The number of rotatable bonds is 5. The molecule has 0 aliphatic rings. The van der Waals surface area contributed by atoms with Crippen LogP contribution >= 0.6 is 11.6 Å².